The molecule has 0 unspecified atom stereocenters. The van der Waals surface area contributed by atoms with Gasteiger partial charge >= 0.3 is 0 Å². The Bertz CT molecular complexity index is 681. The molecule has 0 spiro atoms. The zero-order valence-electron chi connectivity index (χ0n) is 14.6. The molecular formula is C16H24Cl2N2O4S. The summed E-state index contributed by atoms with van der Waals surface area (Å²) in [6.45, 7) is 5.56. The van der Waals surface area contributed by atoms with Crippen molar-refractivity contribution in [2.75, 3.05) is 30.8 Å². The second-order valence-corrected chi connectivity index (χ2v) is 8.67. The lowest BCUT2D eigenvalue weighted by atomic mass is 10.3. The van der Waals surface area contributed by atoms with Crippen LogP contribution in [0.15, 0.2) is 18.2 Å². The summed E-state index contributed by atoms with van der Waals surface area (Å²) < 4.78 is 31.3. The number of halogens is 2. The summed E-state index contributed by atoms with van der Waals surface area (Å²) >= 11 is 11.9. The van der Waals surface area contributed by atoms with Crippen molar-refractivity contribution in [1.29, 1.82) is 0 Å². The highest BCUT2D eigenvalue weighted by Gasteiger charge is 2.24. The first-order valence-electron chi connectivity index (χ1n) is 8.00. The second-order valence-electron chi connectivity index (χ2n) is 5.74. The van der Waals surface area contributed by atoms with Crippen LogP contribution in [0.3, 0.4) is 0 Å². The molecule has 1 aromatic carbocycles. The lowest BCUT2D eigenvalue weighted by Crippen LogP contribution is -2.40. The van der Waals surface area contributed by atoms with Gasteiger partial charge in [0, 0.05) is 11.6 Å². The molecule has 1 N–H and O–H groups in total. The Morgan fingerprint density at radius 1 is 1.32 bits per heavy atom. The van der Waals surface area contributed by atoms with Crippen LogP contribution >= 0.6 is 23.2 Å². The number of rotatable bonds is 10. The number of carbonyl (C=O) groups is 1. The van der Waals surface area contributed by atoms with E-state index in [0.717, 1.165) is 4.31 Å². The molecule has 0 radical (unpaired) electrons. The molecule has 25 heavy (non-hydrogen) atoms. The molecule has 0 fully saturated rings. The van der Waals surface area contributed by atoms with E-state index in [2.05, 4.69) is 5.32 Å². The molecule has 0 aliphatic heterocycles. The molecule has 0 bridgehead atoms. The Kier molecular flexibility index (Phi) is 9.16. The molecule has 0 heterocycles. The van der Waals surface area contributed by atoms with Crippen LogP contribution in [0.25, 0.3) is 0 Å². The van der Waals surface area contributed by atoms with Crippen LogP contribution in [0.2, 0.25) is 10.0 Å². The van der Waals surface area contributed by atoms with Gasteiger partial charge in [0.15, 0.2) is 0 Å². The van der Waals surface area contributed by atoms with Crippen molar-refractivity contribution in [2.45, 2.75) is 33.3 Å². The molecule has 1 aromatic rings. The molecule has 0 saturated heterocycles. The normalized spacial score (nSPS) is 12.0. The van der Waals surface area contributed by atoms with Gasteiger partial charge in [0.1, 0.15) is 0 Å². The zero-order valence-corrected chi connectivity index (χ0v) is 16.9. The van der Waals surface area contributed by atoms with E-state index in [4.69, 9.17) is 27.9 Å². The van der Waals surface area contributed by atoms with Crippen molar-refractivity contribution >= 4 is 44.8 Å². The maximum atomic E-state index is 12.4. The summed E-state index contributed by atoms with van der Waals surface area (Å²) in [6, 6.07) is 4.67. The smallest absolute Gasteiger partial charge is 0.239 e. The standard InChI is InChI=1S/C16H24Cl2N2O4S/c1-4-7-20(25(22,23)9-8-24-12(2)3)11-16(21)19-15-10-13(17)5-6-14(15)18/h5-6,10,12H,4,7-9,11H2,1-3H3,(H,19,21). The van der Waals surface area contributed by atoms with Crippen molar-refractivity contribution in [3.63, 3.8) is 0 Å². The van der Waals surface area contributed by atoms with Crippen molar-refractivity contribution in [2.24, 2.45) is 0 Å². The Morgan fingerprint density at radius 3 is 2.60 bits per heavy atom. The molecule has 0 saturated carbocycles. The summed E-state index contributed by atoms with van der Waals surface area (Å²) in [5.74, 6) is -0.651. The fourth-order valence-electron chi connectivity index (χ4n) is 2.03. The molecular weight excluding hydrogens is 387 g/mol. The van der Waals surface area contributed by atoms with Crippen LogP contribution < -0.4 is 5.32 Å². The highest BCUT2D eigenvalue weighted by Crippen LogP contribution is 2.25. The number of nitrogens with one attached hydrogen (secondary N) is 1. The maximum Gasteiger partial charge on any atom is 0.239 e. The lowest BCUT2D eigenvalue weighted by molar-refractivity contribution is -0.116. The first-order chi connectivity index (χ1) is 11.7. The van der Waals surface area contributed by atoms with E-state index in [1.807, 2.05) is 20.8 Å². The van der Waals surface area contributed by atoms with Crippen LogP contribution in [0, 0.1) is 0 Å². The highest BCUT2D eigenvalue weighted by molar-refractivity contribution is 7.89. The molecule has 6 nitrogen and oxygen atoms in total. The third kappa shape index (κ3) is 7.92. The van der Waals surface area contributed by atoms with E-state index in [-0.39, 0.29) is 31.6 Å². The Hall–Kier alpha value is -0.860. The van der Waals surface area contributed by atoms with Gasteiger partial charge in [-0.05, 0) is 38.5 Å². The number of hydrogen-bond acceptors (Lipinski definition) is 4. The van der Waals surface area contributed by atoms with E-state index < -0.39 is 15.9 Å². The fourth-order valence-corrected chi connectivity index (χ4v) is 3.70. The number of anilines is 1. The number of nitrogens with zero attached hydrogens (tertiary/aromatic N) is 1. The molecule has 0 atom stereocenters. The van der Waals surface area contributed by atoms with Gasteiger partial charge in [-0.2, -0.15) is 4.31 Å². The molecule has 0 aliphatic rings. The topological polar surface area (TPSA) is 75.7 Å². The Morgan fingerprint density at radius 2 is 2.00 bits per heavy atom. The van der Waals surface area contributed by atoms with Gasteiger partial charge in [-0.25, -0.2) is 8.42 Å². The second kappa shape index (κ2) is 10.3. The van der Waals surface area contributed by atoms with E-state index in [9.17, 15) is 13.2 Å². The third-order valence-corrected chi connectivity index (χ3v) is 5.53. The molecule has 142 valence electrons. The number of sulfonamides is 1. The largest absolute Gasteiger partial charge is 0.378 e. The average molecular weight is 411 g/mol. The summed E-state index contributed by atoms with van der Waals surface area (Å²) in [5, 5.41) is 3.34. The quantitative estimate of drug-likeness (QED) is 0.640. The van der Waals surface area contributed by atoms with Gasteiger partial charge in [-0.3, -0.25) is 4.79 Å². The third-order valence-electron chi connectivity index (χ3n) is 3.18. The monoisotopic (exact) mass is 410 g/mol. The van der Waals surface area contributed by atoms with Gasteiger partial charge in [0.25, 0.3) is 0 Å². The first kappa shape index (κ1) is 22.2. The highest BCUT2D eigenvalue weighted by atomic mass is 35.5. The SMILES string of the molecule is CCCN(CC(=O)Nc1cc(Cl)ccc1Cl)S(=O)(=O)CCOC(C)C. The molecule has 0 aromatic heterocycles. The lowest BCUT2D eigenvalue weighted by Gasteiger charge is -2.21. The molecule has 1 rings (SSSR count). The number of hydrogen-bond donors (Lipinski definition) is 1. The number of amides is 1. The van der Waals surface area contributed by atoms with Crippen molar-refractivity contribution < 1.29 is 17.9 Å². The van der Waals surface area contributed by atoms with Crippen molar-refractivity contribution in [3.8, 4) is 0 Å². The minimum Gasteiger partial charge on any atom is -0.378 e. The number of ether oxygens (including phenoxy) is 1. The fraction of sp³-hybridized carbons (Fsp3) is 0.562. The van der Waals surface area contributed by atoms with Crippen LogP contribution in [0.5, 0.6) is 0 Å². The van der Waals surface area contributed by atoms with E-state index in [0.29, 0.717) is 22.2 Å². The Balaban J connectivity index is 2.75. The summed E-state index contributed by atoms with van der Waals surface area (Å²) in [5.41, 5.74) is 0.344. The van der Waals surface area contributed by atoms with E-state index >= 15 is 0 Å². The van der Waals surface area contributed by atoms with E-state index in [1.165, 1.54) is 6.07 Å². The summed E-state index contributed by atoms with van der Waals surface area (Å²) in [7, 11) is -3.60. The maximum absolute atomic E-state index is 12.4. The number of carbonyl (C=O) groups excluding carboxylic acids is 1. The molecule has 9 heteroatoms. The van der Waals surface area contributed by atoms with Crippen LogP contribution in [-0.2, 0) is 19.6 Å². The van der Waals surface area contributed by atoms with E-state index in [1.54, 1.807) is 12.1 Å². The number of benzene rings is 1. The minimum absolute atomic E-state index is 0.0527. The van der Waals surface area contributed by atoms with Crippen LogP contribution in [-0.4, -0.2) is 50.2 Å². The van der Waals surface area contributed by atoms with Crippen LogP contribution in [0.1, 0.15) is 27.2 Å². The van der Waals surface area contributed by atoms with Gasteiger partial charge < -0.3 is 10.1 Å². The predicted molar refractivity (Wildman–Crippen MR) is 102 cm³/mol. The molecule has 0 aliphatic carbocycles. The van der Waals surface area contributed by atoms with Gasteiger partial charge in [0.2, 0.25) is 15.9 Å². The zero-order chi connectivity index (χ0) is 19.0. The van der Waals surface area contributed by atoms with Crippen molar-refractivity contribution in [1.82, 2.24) is 4.31 Å². The van der Waals surface area contributed by atoms with Crippen LogP contribution in [0.4, 0.5) is 5.69 Å². The van der Waals surface area contributed by atoms with Gasteiger partial charge in [-0.1, -0.05) is 30.1 Å². The predicted octanol–water partition coefficient (Wildman–Crippen LogP) is 3.40. The van der Waals surface area contributed by atoms with Gasteiger partial charge in [0.05, 0.1) is 35.7 Å². The summed E-state index contributed by atoms with van der Waals surface area (Å²) in [4.78, 5) is 12.2. The summed E-state index contributed by atoms with van der Waals surface area (Å²) in [6.07, 6.45) is 0.540. The minimum atomic E-state index is -3.60. The average Bonchev–Trinajstić information content (AvgIpc) is 2.50. The first-order valence-corrected chi connectivity index (χ1v) is 10.4. The molecule has 1 amide bonds. The van der Waals surface area contributed by atoms with Gasteiger partial charge in [-0.15, -0.1) is 0 Å². The van der Waals surface area contributed by atoms with Crippen molar-refractivity contribution in [3.05, 3.63) is 28.2 Å². The Labute approximate surface area is 159 Å².